The zero-order valence-electron chi connectivity index (χ0n) is 12.0. The molecule has 2 heterocycles. The van der Waals surface area contributed by atoms with Gasteiger partial charge in [0.2, 0.25) is 0 Å². The first kappa shape index (κ1) is 13.8. The summed E-state index contributed by atoms with van der Waals surface area (Å²) in [4.78, 5) is 2.28. The number of hydrogen-bond acceptors (Lipinski definition) is 3. The minimum Gasteiger partial charge on any atom is -0.387 e. The second-order valence-corrected chi connectivity index (χ2v) is 7.07. The van der Waals surface area contributed by atoms with Gasteiger partial charge in [-0.1, -0.05) is 19.3 Å². The Morgan fingerprint density at radius 1 is 1.30 bits per heavy atom. The van der Waals surface area contributed by atoms with Gasteiger partial charge in [0.15, 0.2) is 0 Å². The number of thiophene rings is 1. The molecule has 1 saturated carbocycles. The minimum absolute atomic E-state index is 0.427. The number of rotatable bonds is 4. The van der Waals surface area contributed by atoms with Crippen molar-refractivity contribution < 1.29 is 5.11 Å². The smallest absolute Gasteiger partial charge is 0.0938 e. The van der Waals surface area contributed by atoms with Gasteiger partial charge in [-0.2, -0.15) is 5.10 Å². The molecular formula is C16H22N2OS. The summed E-state index contributed by atoms with van der Waals surface area (Å²) in [6, 6.07) is 6.70. The lowest BCUT2D eigenvalue weighted by atomic mass is 9.96. The van der Waals surface area contributed by atoms with Crippen molar-refractivity contribution in [2.24, 2.45) is 0 Å². The van der Waals surface area contributed by atoms with Crippen LogP contribution < -0.4 is 0 Å². The molecule has 4 heteroatoms. The monoisotopic (exact) mass is 290 g/mol. The van der Waals surface area contributed by atoms with Gasteiger partial charge >= 0.3 is 0 Å². The Balaban J connectivity index is 1.64. The molecule has 2 aromatic rings. The molecule has 0 aromatic carbocycles. The summed E-state index contributed by atoms with van der Waals surface area (Å²) in [7, 11) is 0. The molecule has 0 bridgehead atoms. The van der Waals surface area contributed by atoms with Gasteiger partial charge in [0.25, 0.3) is 0 Å². The molecule has 0 amide bonds. The van der Waals surface area contributed by atoms with E-state index >= 15 is 0 Å². The lowest BCUT2D eigenvalue weighted by molar-refractivity contribution is 0.180. The molecule has 20 heavy (non-hydrogen) atoms. The molecule has 3 nitrogen and oxygen atoms in total. The highest BCUT2D eigenvalue weighted by Crippen LogP contribution is 2.28. The van der Waals surface area contributed by atoms with E-state index in [2.05, 4.69) is 35.0 Å². The van der Waals surface area contributed by atoms with Gasteiger partial charge in [0.1, 0.15) is 0 Å². The Kier molecular flexibility index (Phi) is 4.22. The van der Waals surface area contributed by atoms with Crippen molar-refractivity contribution in [1.29, 1.82) is 0 Å². The molecule has 2 aromatic heterocycles. The summed E-state index contributed by atoms with van der Waals surface area (Å²) in [5.74, 6) is 0. The van der Waals surface area contributed by atoms with Crippen molar-refractivity contribution in [2.75, 3.05) is 0 Å². The highest BCUT2D eigenvalue weighted by atomic mass is 32.1. The lowest BCUT2D eigenvalue weighted by Gasteiger charge is -2.21. The maximum atomic E-state index is 10.3. The van der Waals surface area contributed by atoms with Crippen LogP contribution in [-0.4, -0.2) is 14.9 Å². The van der Waals surface area contributed by atoms with Crippen LogP contribution in [-0.2, 0) is 6.42 Å². The third-order valence-electron chi connectivity index (χ3n) is 4.10. The molecule has 1 unspecified atom stereocenters. The highest BCUT2D eigenvalue weighted by molar-refractivity contribution is 7.12. The van der Waals surface area contributed by atoms with E-state index in [0.717, 1.165) is 10.6 Å². The molecule has 1 atom stereocenters. The summed E-state index contributed by atoms with van der Waals surface area (Å²) in [6.07, 6.45) is 8.75. The van der Waals surface area contributed by atoms with Crippen molar-refractivity contribution in [3.05, 3.63) is 39.8 Å². The van der Waals surface area contributed by atoms with Crippen molar-refractivity contribution in [3.63, 3.8) is 0 Å². The Morgan fingerprint density at radius 2 is 2.10 bits per heavy atom. The van der Waals surface area contributed by atoms with Gasteiger partial charge in [-0.3, -0.25) is 4.68 Å². The Bertz CT molecular complexity index is 554. The van der Waals surface area contributed by atoms with E-state index in [-0.39, 0.29) is 0 Å². The number of nitrogens with zero attached hydrogens (tertiary/aromatic N) is 2. The number of aryl methyl sites for hydroxylation is 1. The van der Waals surface area contributed by atoms with Crippen molar-refractivity contribution in [1.82, 2.24) is 9.78 Å². The fraction of sp³-hybridized carbons (Fsp3) is 0.562. The third-order valence-corrected chi connectivity index (χ3v) is 5.21. The molecule has 108 valence electrons. The topological polar surface area (TPSA) is 38.0 Å². The number of aliphatic hydroxyl groups excluding tert-OH is 1. The average molecular weight is 290 g/mol. The van der Waals surface area contributed by atoms with E-state index in [9.17, 15) is 5.11 Å². The first-order chi connectivity index (χ1) is 9.72. The molecule has 3 rings (SSSR count). The van der Waals surface area contributed by atoms with Crippen LogP contribution in [0.4, 0.5) is 0 Å². The lowest BCUT2D eigenvalue weighted by Crippen LogP contribution is -2.13. The Hall–Kier alpha value is -1.13. The van der Waals surface area contributed by atoms with E-state index < -0.39 is 6.10 Å². The molecule has 1 fully saturated rings. The van der Waals surface area contributed by atoms with E-state index in [1.807, 2.05) is 6.07 Å². The van der Waals surface area contributed by atoms with Crippen LogP contribution in [0.1, 0.15) is 59.7 Å². The molecule has 0 radical (unpaired) electrons. The second-order valence-electron chi connectivity index (χ2n) is 5.75. The van der Waals surface area contributed by atoms with Crippen molar-refractivity contribution >= 4 is 11.3 Å². The van der Waals surface area contributed by atoms with Gasteiger partial charge in [0.05, 0.1) is 17.8 Å². The number of aromatic nitrogens is 2. The fourth-order valence-corrected chi connectivity index (χ4v) is 3.83. The van der Waals surface area contributed by atoms with E-state index in [1.54, 1.807) is 11.3 Å². The maximum absolute atomic E-state index is 10.3. The predicted molar refractivity (Wildman–Crippen MR) is 82.1 cm³/mol. The number of hydrogen-bond donors (Lipinski definition) is 1. The van der Waals surface area contributed by atoms with E-state index in [4.69, 9.17) is 0 Å². The zero-order valence-corrected chi connectivity index (χ0v) is 12.8. The number of aliphatic hydroxyl groups is 1. The molecule has 0 spiro atoms. The molecular weight excluding hydrogens is 268 g/mol. The minimum atomic E-state index is -0.427. The summed E-state index contributed by atoms with van der Waals surface area (Å²) >= 11 is 1.67. The largest absolute Gasteiger partial charge is 0.387 e. The van der Waals surface area contributed by atoms with Crippen LogP contribution >= 0.6 is 11.3 Å². The quantitative estimate of drug-likeness (QED) is 0.923. The normalized spacial score (nSPS) is 18.3. The summed E-state index contributed by atoms with van der Waals surface area (Å²) in [5.41, 5.74) is 0.995. The van der Waals surface area contributed by atoms with Crippen LogP contribution in [0, 0.1) is 6.92 Å². The average Bonchev–Trinajstić information content (AvgIpc) is 3.09. The van der Waals surface area contributed by atoms with Gasteiger partial charge in [-0.05, 0) is 38.0 Å². The first-order valence-electron chi connectivity index (χ1n) is 7.51. The molecule has 0 saturated heterocycles. The Labute approximate surface area is 124 Å². The standard InChI is InChI=1S/C16H22N2OS/c1-12-7-8-16(20-12)15(19)11-13-9-10-18(17-13)14-5-3-2-4-6-14/h7-10,14-15,19H,2-6,11H2,1H3. The van der Waals surface area contributed by atoms with E-state index in [0.29, 0.717) is 12.5 Å². The third kappa shape index (κ3) is 3.13. The molecule has 1 aliphatic carbocycles. The molecule has 0 aliphatic heterocycles. The van der Waals surface area contributed by atoms with Gasteiger partial charge in [-0.15, -0.1) is 11.3 Å². The van der Waals surface area contributed by atoms with Gasteiger partial charge in [-0.25, -0.2) is 0 Å². The maximum Gasteiger partial charge on any atom is 0.0938 e. The molecule has 1 aliphatic rings. The van der Waals surface area contributed by atoms with Gasteiger partial charge < -0.3 is 5.11 Å². The van der Waals surface area contributed by atoms with Gasteiger partial charge in [0, 0.05) is 22.4 Å². The van der Waals surface area contributed by atoms with Crippen LogP contribution in [0.3, 0.4) is 0 Å². The highest BCUT2D eigenvalue weighted by Gasteiger charge is 2.17. The van der Waals surface area contributed by atoms with Crippen molar-refractivity contribution in [2.45, 2.75) is 57.6 Å². The summed E-state index contributed by atoms with van der Waals surface area (Å²) in [6.45, 7) is 2.07. The summed E-state index contributed by atoms with van der Waals surface area (Å²) < 4.78 is 2.11. The molecule has 1 N–H and O–H groups in total. The van der Waals surface area contributed by atoms with Crippen LogP contribution in [0.5, 0.6) is 0 Å². The second kappa shape index (κ2) is 6.10. The zero-order chi connectivity index (χ0) is 13.9. The first-order valence-corrected chi connectivity index (χ1v) is 8.32. The predicted octanol–water partition coefficient (Wildman–Crippen LogP) is 4.03. The van der Waals surface area contributed by atoms with Crippen molar-refractivity contribution in [3.8, 4) is 0 Å². The SMILES string of the molecule is Cc1ccc(C(O)Cc2ccn(C3CCCCC3)n2)s1. The van der Waals surface area contributed by atoms with Crippen LogP contribution in [0.2, 0.25) is 0 Å². The fourth-order valence-electron chi connectivity index (χ4n) is 2.97. The van der Waals surface area contributed by atoms with Crippen LogP contribution in [0.25, 0.3) is 0 Å². The summed E-state index contributed by atoms with van der Waals surface area (Å²) in [5, 5.41) is 14.9. The Morgan fingerprint density at radius 3 is 2.80 bits per heavy atom. The van der Waals surface area contributed by atoms with Crippen LogP contribution in [0.15, 0.2) is 24.4 Å². The van der Waals surface area contributed by atoms with E-state index in [1.165, 1.54) is 37.0 Å².